The molecular formula is C14H20BrN3S. The van der Waals surface area contributed by atoms with Gasteiger partial charge in [-0.1, -0.05) is 12.2 Å². The van der Waals surface area contributed by atoms with Crippen LogP contribution in [0.15, 0.2) is 22.7 Å². The molecule has 1 aromatic carbocycles. The van der Waals surface area contributed by atoms with Gasteiger partial charge in [-0.25, -0.2) is 0 Å². The minimum absolute atomic E-state index is 0.427. The zero-order valence-corrected chi connectivity index (χ0v) is 13.8. The molecule has 0 aromatic heterocycles. The molecule has 1 fully saturated rings. The smallest absolute Gasteiger partial charge is 0.105 e. The van der Waals surface area contributed by atoms with Crippen molar-refractivity contribution in [1.82, 2.24) is 4.90 Å². The van der Waals surface area contributed by atoms with Crippen LogP contribution in [-0.4, -0.2) is 43.1 Å². The molecule has 2 rings (SSSR count). The number of hydrogen-bond donors (Lipinski definition) is 1. The Morgan fingerprint density at radius 3 is 2.84 bits per heavy atom. The van der Waals surface area contributed by atoms with E-state index in [2.05, 4.69) is 52.0 Å². The van der Waals surface area contributed by atoms with E-state index in [0.717, 1.165) is 16.6 Å². The number of likely N-dealkylation sites (N-methyl/N-ethyl adjacent to an activating group) is 2. The first-order valence-electron chi connectivity index (χ1n) is 6.50. The molecule has 0 aliphatic carbocycles. The molecule has 0 bridgehead atoms. The molecule has 3 nitrogen and oxygen atoms in total. The Morgan fingerprint density at radius 2 is 2.32 bits per heavy atom. The van der Waals surface area contributed by atoms with Crippen LogP contribution in [0.25, 0.3) is 0 Å². The van der Waals surface area contributed by atoms with Crippen LogP contribution in [0, 0.1) is 0 Å². The molecule has 1 heterocycles. The number of benzene rings is 1. The van der Waals surface area contributed by atoms with Crippen molar-refractivity contribution in [3.8, 4) is 0 Å². The first-order chi connectivity index (χ1) is 8.99. The second-order valence-electron chi connectivity index (χ2n) is 5.19. The van der Waals surface area contributed by atoms with Crippen LogP contribution in [-0.2, 0) is 0 Å². The van der Waals surface area contributed by atoms with E-state index in [-0.39, 0.29) is 0 Å². The Labute approximate surface area is 128 Å². The second-order valence-corrected chi connectivity index (χ2v) is 6.48. The molecule has 5 heteroatoms. The highest BCUT2D eigenvalue weighted by Crippen LogP contribution is 2.25. The van der Waals surface area contributed by atoms with E-state index < -0.39 is 0 Å². The fraction of sp³-hybridized carbons (Fsp3) is 0.500. The minimum atomic E-state index is 0.427. The lowest BCUT2D eigenvalue weighted by Gasteiger charge is -2.27. The fourth-order valence-electron chi connectivity index (χ4n) is 2.57. The molecule has 0 saturated carbocycles. The lowest BCUT2D eigenvalue weighted by atomic mass is 10.1. The number of rotatable bonds is 4. The van der Waals surface area contributed by atoms with E-state index in [4.69, 9.17) is 18.0 Å². The fourth-order valence-corrected chi connectivity index (χ4v) is 3.46. The van der Waals surface area contributed by atoms with Gasteiger partial charge in [0.2, 0.25) is 0 Å². The van der Waals surface area contributed by atoms with Crippen LogP contribution >= 0.6 is 28.1 Å². The molecule has 1 unspecified atom stereocenters. The van der Waals surface area contributed by atoms with E-state index >= 15 is 0 Å². The van der Waals surface area contributed by atoms with Gasteiger partial charge in [-0.15, -0.1) is 0 Å². The molecule has 1 aromatic rings. The summed E-state index contributed by atoms with van der Waals surface area (Å²) in [7, 11) is 4.34. The van der Waals surface area contributed by atoms with Gasteiger partial charge in [0.05, 0.1) is 0 Å². The Balaban J connectivity index is 2.09. The first-order valence-corrected chi connectivity index (χ1v) is 7.70. The van der Waals surface area contributed by atoms with Crippen molar-refractivity contribution >= 4 is 38.8 Å². The third-order valence-electron chi connectivity index (χ3n) is 3.82. The summed E-state index contributed by atoms with van der Waals surface area (Å²) in [6, 6.07) is 6.80. The van der Waals surface area contributed by atoms with Crippen LogP contribution in [0.1, 0.15) is 18.4 Å². The molecule has 2 N–H and O–H groups in total. The SMILES string of the molecule is CN(CC1CCCN1C)c1ccc(C(N)=S)c(Br)c1. The van der Waals surface area contributed by atoms with Gasteiger partial charge in [-0.05, 0) is 60.6 Å². The summed E-state index contributed by atoms with van der Waals surface area (Å²) in [6.45, 7) is 2.26. The average molecular weight is 342 g/mol. The largest absolute Gasteiger partial charge is 0.389 e. The summed E-state index contributed by atoms with van der Waals surface area (Å²) in [6.07, 6.45) is 2.59. The molecule has 1 aliphatic rings. The summed E-state index contributed by atoms with van der Waals surface area (Å²) in [5, 5.41) is 0. The number of likely N-dealkylation sites (tertiary alicyclic amines) is 1. The number of hydrogen-bond acceptors (Lipinski definition) is 3. The number of nitrogens with zero attached hydrogens (tertiary/aromatic N) is 2. The van der Waals surface area contributed by atoms with Gasteiger partial charge in [0.25, 0.3) is 0 Å². The summed E-state index contributed by atoms with van der Waals surface area (Å²) in [4.78, 5) is 5.16. The van der Waals surface area contributed by atoms with Crippen LogP contribution in [0.4, 0.5) is 5.69 Å². The quantitative estimate of drug-likeness (QED) is 0.853. The second kappa shape index (κ2) is 6.20. The summed E-state index contributed by atoms with van der Waals surface area (Å²) < 4.78 is 0.962. The number of halogens is 1. The molecule has 104 valence electrons. The van der Waals surface area contributed by atoms with Crippen molar-refractivity contribution in [2.24, 2.45) is 5.73 Å². The summed E-state index contributed by atoms with van der Waals surface area (Å²) in [5.41, 5.74) is 7.75. The van der Waals surface area contributed by atoms with Gasteiger partial charge in [-0.2, -0.15) is 0 Å². The maximum Gasteiger partial charge on any atom is 0.105 e. The highest BCUT2D eigenvalue weighted by molar-refractivity contribution is 9.10. The molecule has 1 aliphatic heterocycles. The van der Waals surface area contributed by atoms with Crippen molar-refractivity contribution in [3.63, 3.8) is 0 Å². The van der Waals surface area contributed by atoms with Crippen molar-refractivity contribution in [2.45, 2.75) is 18.9 Å². The van der Waals surface area contributed by atoms with Gasteiger partial charge < -0.3 is 15.5 Å². The Bertz CT molecular complexity index is 478. The van der Waals surface area contributed by atoms with Crippen LogP contribution < -0.4 is 10.6 Å². The predicted molar refractivity (Wildman–Crippen MR) is 89.0 cm³/mol. The molecule has 0 spiro atoms. The monoisotopic (exact) mass is 341 g/mol. The predicted octanol–water partition coefficient (Wildman–Crippen LogP) is 2.61. The Morgan fingerprint density at radius 1 is 1.58 bits per heavy atom. The average Bonchev–Trinajstić information content (AvgIpc) is 2.74. The first kappa shape index (κ1) is 14.8. The number of thiocarbonyl (C=S) groups is 1. The van der Waals surface area contributed by atoms with E-state index in [9.17, 15) is 0 Å². The van der Waals surface area contributed by atoms with Crippen LogP contribution in [0.5, 0.6) is 0 Å². The topological polar surface area (TPSA) is 32.5 Å². The van der Waals surface area contributed by atoms with E-state index in [1.807, 2.05) is 6.07 Å². The summed E-state index contributed by atoms with van der Waals surface area (Å²) >= 11 is 8.55. The van der Waals surface area contributed by atoms with E-state index in [1.165, 1.54) is 25.1 Å². The Hall–Kier alpha value is -0.650. The third-order valence-corrected chi connectivity index (χ3v) is 4.69. The lowest BCUT2D eigenvalue weighted by Crippen LogP contribution is -2.36. The molecule has 0 amide bonds. The molecule has 0 radical (unpaired) electrons. The van der Waals surface area contributed by atoms with Gasteiger partial charge in [0.1, 0.15) is 4.99 Å². The molecule has 19 heavy (non-hydrogen) atoms. The maximum absolute atomic E-state index is 5.67. The molecule has 1 atom stereocenters. The Kier molecular flexibility index (Phi) is 4.81. The number of anilines is 1. The zero-order valence-electron chi connectivity index (χ0n) is 11.4. The zero-order chi connectivity index (χ0) is 14.0. The van der Waals surface area contributed by atoms with E-state index in [1.54, 1.807) is 0 Å². The van der Waals surface area contributed by atoms with Crippen LogP contribution in [0.2, 0.25) is 0 Å². The van der Waals surface area contributed by atoms with Crippen molar-refractivity contribution < 1.29 is 0 Å². The van der Waals surface area contributed by atoms with Gasteiger partial charge in [0.15, 0.2) is 0 Å². The van der Waals surface area contributed by atoms with Crippen LogP contribution in [0.3, 0.4) is 0 Å². The van der Waals surface area contributed by atoms with Crippen molar-refractivity contribution in [2.75, 3.05) is 32.1 Å². The van der Waals surface area contributed by atoms with Crippen molar-refractivity contribution in [1.29, 1.82) is 0 Å². The molecule has 1 saturated heterocycles. The van der Waals surface area contributed by atoms with Gasteiger partial charge >= 0.3 is 0 Å². The lowest BCUT2D eigenvalue weighted by molar-refractivity contribution is 0.314. The third kappa shape index (κ3) is 3.46. The standard InChI is InChI=1S/C14H20BrN3S/c1-17-7-3-4-11(17)9-18(2)10-5-6-12(14(16)19)13(15)8-10/h5-6,8,11H,3-4,7,9H2,1-2H3,(H2,16,19). The summed E-state index contributed by atoms with van der Waals surface area (Å²) in [5.74, 6) is 0. The van der Waals surface area contributed by atoms with Crippen molar-refractivity contribution in [3.05, 3.63) is 28.2 Å². The number of nitrogens with two attached hydrogens (primary N) is 1. The van der Waals surface area contributed by atoms with E-state index in [0.29, 0.717) is 11.0 Å². The highest BCUT2D eigenvalue weighted by Gasteiger charge is 2.22. The molecular weight excluding hydrogens is 322 g/mol. The maximum atomic E-state index is 5.67. The van der Waals surface area contributed by atoms with Gasteiger partial charge in [-0.3, -0.25) is 0 Å². The highest BCUT2D eigenvalue weighted by atomic mass is 79.9. The minimum Gasteiger partial charge on any atom is -0.389 e. The van der Waals surface area contributed by atoms with Gasteiger partial charge in [0, 0.05) is 35.4 Å². The normalized spacial score (nSPS) is 19.6.